The van der Waals surface area contributed by atoms with Gasteiger partial charge < -0.3 is 10.1 Å². The molecular formula is C11H16N2O. The second kappa shape index (κ2) is 4.42. The third-order valence-corrected chi connectivity index (χ3v) is 2.70. The number of aromatic nitrogens is 1. The predicted molar refractivity (Wildman–Crippen MR) is 55.5 cm³/mol. The maximum atomic E-state index is 5.09. The molecule has 1 fully saturated rings. The molecule has 1 aromatic heterocycles. The van der Waals surface area contributed by atoms with Gasteiger partial charge in [0.1, 0.15) is 0 Å². The monoisotopic (exact) mass is 192 g/mol. The molecule has 0 aromatic carbocycles. The number of methoxy groups -OCH3 is 1. The average molecular weight is 192 g/mol. The van der Waals surface area contributed by atoms with E-state index in [1.807, 2.05) is 12.3 Å². The van der Waals surface area contributed by atoms with E-state index in [1.54, 1.807) is 7.11 Å². The SMILES string of the molecule is COc1cc(CC2CCNC2)ccn1. The highest BCUT2D eigenvalue weighted by atomic mass is 16.5. The molecule has 0 spiro atoms. The Morgan fingerprint density at radius 2 is 2.57 bits per heavy atom. The first kappa shape index (κ1) is 9.46. The molecule has 14 heavy (non-hydrogen) atoms. The molecule has 0 bridgehead atoms. The van der Waals surface area contributed by atoms with Crippen molar-refractivity contribution in [2.24, 2.45) is 5.92 Å². The van der Waals surface area contributed by atoms with Gasteiger partial charge in [-0.1, -0.05) is 0 Å². The summed E-state index contributed by atoms with van der Waals surface area (Å²) in [6, 6.07) is 4.10. The highest BCUT2D eigenvalue weighted by molar-refractivity contribution is 5.21. The maximum Gasteiger partial charge on any atom is 0.213 e. The van der Waals surface area contributed by atoms with Gasteiger partial charge in [-0.15, -0.1) is 0 Å². The van der Waals surface area contributed by atoms with Crippen LogP contribution in [0.2, 0.25) is 0 Å². The summed E-state index contributed by atoms with van der Waals surface area (Å²) >= 11 is 0. The molecule has 0 amide bonds. The van der Waals surface area contributed by atoms with E-state index in [1.165, 1.54) is 12.0 Å². The Bertz CT molecular complexity index is 295. The Labute approximate surface area is 84.5 Å². The Balaban J connectivity index is 2.00. The second-order valence-corrected chi connectivity index (χ2v) is 3.77. The molecule has 0 aliphatic carbocycles. The Morgan fingerprint density at radius 3 is 3.29 bits per heavy atom. The molecule has 2 heterocycles. The number of pyridine rings is 1. The van der Waals surface area contributed by atoms with Gasteiger partial charge in [0.05, 0.1) is 7.11 Å². The van der Waals surface area contributed by atoms with E-state index in [9.17, 15) is 0 Å². The van der Waals surface area contributed by atoms with E-state index in [4.69, 9.17) is 4.74 Å². The summed E-state index contributed by atoms with van der Waals surface area (Å²) in [5.41, 5.74) is 1.32. The zero-order chi connectivity index (χ0) is 9.80. The van der Waals surface area contributed by atoms with Gasteiger partial charge in [-0.05, 0) is 43.5 Å². The van der Waals surface area contributed by atoms with Gasteiger partial charge >= 0.3 is 0 Å². The number of ether oxygens (including phenoxy) is 1. The molecule has 1 saturated heterocycles. The molecule has 1 aliphatic rings. The van der Waals surface area contributed by atoms with Gasteiger partial charge in [-0.25, -0.2) is 4.98 Å². The van der Waals surface area contributed by atoms with Crippen LogP contribution in [0.25, 0.3) is 0 Å². The molecule has 0 radical (unpaired) electrons. The van der Waals surface area contributed by atoms with Gasteiger partial charge in [0, 0.05) is 12.3 Å². The van der Waals surface area contributed by atoms with Crippen LogP contribution in [0.5, 0.6) is 5.88 Å². The largest absolute Gasteiger partial charge is 0.481 e. The van der Waals surface area contributed by atoms with Crippen LogP contribution in [-0.4, -0.2) is 25.2 Å². The number of hydrogen-bond donors (Lipinski definition) is 1. The van der Waals surface area contributed by atoms with Crippen LogP contribution in [0.4, 0.5) is 0 Å². The van der Waals surface area contributed by atoms with Gasteiger partial charge in [0.25, 0.3) is 0 Å². The first-order valence-corrected chi connectivity index (χ1v) is 5.08. The van der Waals surface area contributed by atoms with Gasteiger partial charge in [-0.3, -0.25) is 0 Å². The summed E-state index contributed by atoms with van der Waals surface area (Å²) in [5, 5.41) is 3.37. The summed E-state index contributed by atoms with van der Waals surface area (Å²) < 4.78 is 5.09. The molecule has 1 unspecified atom stereocenters. The van der Waals surface area contributed by atoms with E-state index in [0.717, 1.165) is 25.4 Å². The maximum absolute atomic E-state index is 5.09. The minimum Gasteiger partial charge on any atom is -0.481 e. The first-order valence-electron chi connectivity index (χ1n) is 5.08. The van der Waals surface area contributed by atoms with Crippen molar-refractivity contribution in [2.45, 2.75) is 12.8 Å². The van der Waals surface area contributed by atoms with Crippen LogP contribution in [0.15, 0.2) is 18.3 Å². The molecule has 3 heteroatoms. The molecule has 76 valence electrons. The topological polar surface area (TPSA) is 34.1 Å². The fourth-order valence-electron chi connectivity index (χ4n) is 1.91. The zero-order valence-corrected chi connectivity index (χ0v) is 8.49. The third-order valence-electron chi connectivity index (χ3n) is 2.70. The van der Waals surface area contributed by atoms with Crippen LogP contribution in [-0.2, 0) is 6.42 Å². The van der Waals surface area contributed by atoms with Gasteiger partial charge in [-0.2, -0.15) is 0 Å². The van der Waals surface area contributed by atoms with Crippen molar-refractivity contribution < 1.29 is 4.74 Å². The van der Waals surface area contributed by atoms with Gasteiger partial charge in [0.2, 0.25) is 5.88 Å². The van der Waals surface area contributed by atoms with Crippen molar-refractivity contribution in [1.82, 2.24) is 10.3 Å². The lowest BCUT2D eigenvalue weighted by molar-refractivity contribution is 0.397. The van der Waals surface area contributed by atoms with Crippen molar-refractivity contribution in [3.63, 3.8) is 0 Å². The van der Waals surface area contributed by atoms with Crippen LogP contribution < -0.4 is 10.1 Å². The molecule has 1 aliphatic heterocycles. The van der Waals surface area contributed by atoms with Crippen LogP contribution in [0.1, 0.15) is 12.0 Å². The molecule has 3 nitrogen and oxygen atoms in total. The average Bonchev–Trinajstić information content (AvgIpc) is 2.71. The lowest BCUT2D eigenvalue weighted by Gasteiger charge is -2.08. The molecule has 2 rings (SSSR count). The van der Waals surface area contributed by atoms with Crippen molar-refractivity contribution in [2.75, 3.05) is 20.2 Å². The standard InChI is InChI=1S/C11H16N2O/c1-14-11-7-9(3-5-13-11)6-10-2-4-12-8-10/h3,5,7,10,12H,2,4,6,8H2,1H3. The van der Waals surface area contributed by atoms with Crippen LogP contribution in [0, 0.1) is 5.92 Å². The van der Waals surface area contributed by atoms with Gasteiger partial charge in [0.15, 0.2) is 0 Å². The number of hydrogen-bond acceptors (Lipinski definition) is 3. The lowest BCUT2D eigenvalue weighted by Crippen LogP contribution is -2.10. The predicted octanol–water partition coefficient (Wildman–Crippen LogP) is 1.24. The zero-order valence-electron chi connectivity index (χ0n) is 8.49. The van der Waals surface area contributed by atoms with E-state index >= 15 is 0 Å². The first-order chi connectivity index (χ1) is 6.88. The fourth-order valence-corrected chi connectivity index (χ4v) is 1.91. The summed E-state index contributed by atoms with van der Waals surface area (Å²) in [7, 11) is 1.66. The van der Waals surface area contributed by atoms with Crippen LogP contribution >= 0.6 is 0 Å². The summed E-state index contributed by atoms with van der Waals surface area (Å²) in [6.07, 6.45) is 4.23. The summed E-state index contributed by atoms with van der Waals surface area (Å²) in [4.78, 5) is 4.09. The van der Waals surface area contributed by atoms with E-state index < -0.39 is 0 Å². The van der Waals surface area contributed by atoms with Crippen molar-refractivity contribution >= 4 is 0 Å². The van der Waals surface area contributed by atoms with Crippen LogP contribution in [0.3, 0.4) is 0 Å². The summed E-state index contributed by atoms with van der Waals surface area (Å²) in [6.45, 7) is 2.30. The minimum absolute atomic E-state index is 0.716. The number of nitrogens with zero attached hydrogens (tertiary/aromatic N) is 1. The third kappa shape index (κ3) is 2.23. The fraction of sp³-hybridized carbons (Fsp3) is 0.545. The molecule has 0 saturated carbocycles. The second-order valence-electron chi connectivity index (χ2n) is 3.77. The van der Waals surface area contributed by atoms with Crippen molar-refractivity contribution in [1.29, 1.82) is 0 Å². The highest BCUT2D eigenvalue weighted by Gasteiger charge is 2.14. The quantitative estimate of drug-likeness (QED) is 0.782. The number of rotatable bonds is 3. The van der Waals surface area contributed by atoms with Crippen molar-refractivity contribution in [3.05, 3.63) is 23.9 Å². The normalized spacial score (nSPS) is 21.1. The Morgan fingerprint density at radius 1 is 1.64 bits per heavy atom. The molecule has 1 aromatic rings. The van der Waals surface area contributed by atoms with Crippen molar-refractivity contribution in [3.8, 4) is 5.88 Å². The Hall–Kier alpha value is -1.09. The number of nitrogens with one attached hydrogen (secondary N) is 1. The molecule has 1 atom stereocenters. The highest BCUT2D eigenvalue weighted by Crippen LogP contribution is 2.17. The van der Waals surface area contributed by atoms with E-state index in [2.05, 4.69) is 16.4 Å². The Kier molecular flexibility index (Phi) is 2.99. The smallest absolute Gasteiger partial charge is 0.213 e. The van der Waals surface area contributed by atoms with E-state index in [-0.39, 0.29) is 0 Å². The summed E-state index contributed by atoms with van der Waals surface area (Å²) in [5.74, 6) is 1.50. The molecular weight excluding hydrogens is 176 g/mol. The minimum atomic E-state index is 0.716. The lowest BCUT2D eigenvalue weighted by atomic mass is 10.00. The van der Waals surface area contributed by atoms with E-state index in [0.29, 0.717) is 5.88 Å². The molecule has 1 N–H and O–H groups in total.